The summed E-state index contributed by atoms with van der Waals surface area (Å²) in [4.78, 5) is 12.6. The predicted octanol–water partition coefficient (Wildman–Crippen LogP) is 2.61. The second-order valence-corrected chi connectivity index (χ2v) is 4.59. The molecule has 0 saturated heterocycles. The van der Waals surface area contributed by atoms with Crippen molar-refractivity contribution in [2.75, 3.05) is 18.5 Å². The molecule has 1 rings (SSSR count). The summed E-state index contributed by atoms with van der Waals surface area (Å²) >= 11 is 0. The topological polar surface area (TPSA) is 60.8 Å². The molecule has 2 N–H and O–H groups in total. The van der Waals surface area contributed by atoms with Gasteiger partial charge in [0, 0.05) is 13.6 Å². The van der Waals surface area contributed by atoms with Gasteiger partial charge in [-0.25, -0.2) is 4.79 Å². The van der Waals surface area contributed by atoms with Crippen LogP contribution in [0.1, 0.15) is 29.3 Å². The maximum Gasteiger partial charge on any atom is 0.416 e. The summed E-state index contributed by atoms with van der Waals surface area (Å²) in [5.74, 6) is -1.42. The second-order valence-electron chi connectivity index (χ2n) is 4.59. The maximum atomic E-state index is 12.6. The minimum atomic E-state index is -4.58. The third-order valence-electron chi connectivity index (χ3n) is 2.85. The monoisotopic (exact) mass is 291 g/mol. The van der Waals surface area contributed by atoms with Crippen LogP contribution in [0.3, 0.4) is 0 Å². The van der Waals surface area contributed by atoms with Crippen molar-refractivity contribution in [3.8, 4) is 0 Å². The number of hydrogen-bond donors (Lipinski definition) is 2. The fourth-order valence-corrected chi connectivity index (χ4v) is 1.72. The van der Waals surface area contributed by atoms with Gasteiger partial charge in [0.1, 0.15) is 0 Å². The smallest absolute Gasteiger partial charge is 0.416 e. The molecule has 112 valence electrons. The highest BCUT2D eigenvalue weighted by molar-refractivity contribution is 5.94. The highest BCUT2D eigenvalue weighted by Gasteiger charge is 2.32. The van der Waals surface area contributed by atoms with Gasteiger partial charge in [0.25, 0.3) is 0 Å². The van der Waals surface area contributed by atoms with E-state index in [1.165, 1.54) is 4.90 Å². The minimum absolute atomic E-state index is 0.186. The van der Waals surface area contributed by atoms with Crippen LogP contribution >= 0.6 is 0 Å². The van der Waals surface area contributed by atoms with Crippen molar-refractivity contribution in [2.24, 2.45) is 0 Å². The molecule has 7 heteroatoms. The Hall–Kier alpha value is -1.76. The van der Waals surface area contributed by atoms with Crippen LogP contribution in [0.15, 0.2) is 18.2 Å². The van der Waals surface area contributed by atoms with E-state index in [0.29, 0.717) is 19.0 Å². The molecule has 4 nitrogen and oxygen atoms in total. The molecule has 20 heavy (non-hydrogen) atoms. The first-order valence-corrected chi connectivity index (χ1v) is 5.96. The average Bonchev–Trinajstić information content (AvgIpc) is 2.33. The van der Waals surface area contributed by atoms with E-state index < -0.39 is 29.4 Å². The number of hydrogen-bond acceptors (Lipinski definition) is 3. The molecule has 0 bridgehead atoms. The number of nitrogens with zero attached hydrogens (tertiary/aromatic N) is 1. The Kier molecular flexibility index (Phi) is 4.99. The Morgan fingerprint density at radius 2 is 2.00 bits per heavy atom. The Morgan fingerprint density at radius 1 is 1.40 bits per heavy atom. The molecule has 0 aliphatic rings. The van der Waals surface area contributed by atoms with Gasteiger partial charge in [-0.3, -0.25) is 0 Å². The van der Waals surface area contributed by atoms with Crippen LogP contribution in [0, 0.1) is 0 Å². The van der Waals surface area contributed by atoms with E-state index in [-0.39, 0.29) is 5.69 Å². The van der Waals surface area contributed by atoms with Crippen LogP contribution in [0.25, 0.3) is 0 Å². The maximum absolute atomic E-state index is 12.6. The summed E-state index contributed by atoms with van der Waals surface area (Å²) in [7, 11) is 1.57. The third-order valence-corrected chi connectivity index (χ3v) is 2.85. The van der Waals surface area contributed by atoms with Gasteiger partial charge >= 0.3 is 12.1 Å². The number of benzene rings is 1. The van der Waals surface area contributed by atoms with Gasteiger partial charge in [0.2, 0.25) is 0 Å². The van der Waals surface area contributed by atoms with Crippen LogP contribution in [0.2, 0.25) is 0 Å². The van der Waals surface area contributed by atoms with Crippen molar-refractivity contribution in [3.63, 3.8) is 0 Å². The van der Waals surface area contributed by atoms with Crippen molar-refractivity contribution in [1.82, 2.24) is 0 Å². The SMILES string of the molecule is CC(O)CCN(C)c1ccc(C(F)(F)F)cc1C(=O)O. The van der Waals surface area contributed by atoms with E-state index in [1.807, 2.05) is 0 Å². The summed E-state index contributed by atoms with van der Waals surface area (Å²) in [6, 6.07) is 2.60. The summed E-state index contributed by atoms with van der Waals surface area (Å²) in [6.45, 7) is 1.92. The molecule has 0 amide bonds. The fraction of sp³-hybridized carbons (Fsp3) is 0.462. The molecular formula is C13H16F3NO3. The van der Waals surface area contributed by atoms with Gasteiger partial charge in [0.15, 0.2) is 0 Å². The highest BCUT2D eigenvalue weighted by atomic mass is 19.4. The molecule has 0 heterocycles. The lowest BCUT2D eigenvalue weighted by Gasteiger charge is -2.22. The summed E-state index contributed by atoms with van der Waals surface area (Å²) in [6.07, 6.45) is -4.77. The van der Waals surface area contributed by atoms with Crippen LogP contribution < -0.4 is 4.90 Å². The van der Waals surface area contributed by atoms with E-state index in [0.717, 1.165) is 12.1 Å². The number of alkyl halides is 3. The van der Waals surface area contributed by atoms with Gasteiger partial charge in [-0.05, 0) is 31.5 Å². The van der Waals surface area contributed by atoms with E-state index in [2.05, 4.69) is 0 Å². The Labute approximate surface area is 114 Å². The van der Waals surface area contributed by atoms with Gasteiger partial charge < -0.3 is 15.1 Å². The van der Waals surface area contributed by atoms with Gasteiger partial charge in [-0.1, -0.05) is 0 Å². The lowest BCUT2D eigenvalue weighted by Crippen LogP contribution is -2.24. The molecular weight excluding hydrogens is 275 g/mol. The molecule has 1 atom stereocenters. The highest BCUT2D eigenvalue weighted by Crippen LogP contribution is 2.32. The third kappa shape index (κ3) is 4.12. The number of aliphatic hydroxyl groups is 1. The van der Waals surface area contributed by atoms with Gasteiger partial charge in [-0.15, -0.1) is 0 Å². The molecule has 1 unspecified atom stereocenters. The number of carbonyl (C=O) groups is 1. The number of aromatic carboxylic acids is 1. The lowest BCUT2D eigenvalue weighted by molar-refractivity contribution is -0.137. The molecule has 0 radical (unpaired) electrons. The van der Waals surface area contributed by atoms with Crippen LogP contribution in [0.4, 0.5) is 18.9 Å². The van der Waals surface area contributed by atoms with Crippen molar-refractivity contribution in [2.45, 2.75) is 25.6 Å². The zero-order valence-corrected chi connectivity index (χ0v) is 11.1. The van der Waals surface area contributed by atoms with Crippen molar-refractivity contribution < 1.29 is 28.2 Å². The minimum Gasteiger partial charge on any atom is -0.478 e. The lowest BCUT2D eigenvalue weighted by atomic mass is 10.1. The zero-order valence-electron chi connectivity index (χ0n) is 11.1. The van der Waals surface area contributed by atoms with Crippen LogP contribution in [0.5, 0.6) is 0 Å². The van der Waals surface area contributed by atoms with E-state index in [1.54, 1.807) is 14.0 Å². The molecule has 0 spiro atoms. The number of anilines is 1. The summed E-state index contributed by atoms with van der Waals surface area (Å²) < 4.78 is 37.7. The molecule has 1 aromatic carbocycles. The second kappa shape index (κ2) is 6.13. The molecule has 0 saturated carbocycles. The van der Waals surface area contributed by atoms with Gasteiger partial charge in [-0.2, -0.15) is 13.2 Å². The molecule has 0 aliphatic carbocycles. The summed E-state index contributed by atoms with van der Waals surface area (Å²) in [5, 5.41) is 18.2. The van der Waals surface area contributed by atoms with Gasteiger partial charge in [0.05, 0.1) is 22.9 Å². The van der Waals surface area contributed by atoms with E-state index in [9.17, 15) is 23.1 Å². The molecule has 1 aromatic rings. The van der Waals surface area contributed by atoms with E-state index >= 15 is 0 Å². The fourth-order valence-electron chi connectivity index (χ4n) is 1.72. The number of rotatable bonds is 5. The quantitative estimate of drug-likeness (QED) is 0.875. The number of carboxylic acid groups (broad SMARTS) is 1. The van der Waals surface area contributed by atoms with Crippen molar-refractivity contribution in [3.05, 3.63) is 29.3 Å². The average molecular weight is 291 g/mol. The Balaban J connectivity index is 3.10. The first-order chi connectivity index (χ1) is 9.12. The van der Waals surface area contributed by atoms with Crippen molar-refractivity contribution in [1.29, 1.82) is 0 Å². The van der Waals surface area contributed by atoms with Crippen molar-refractivity contribution >= 4 is 11.7 Å². The number of aliphatic hydroxyl groups excluding tert-OH is 1. The van der Waals surface area contributed by atoms with E-state index in [4.69, 9.17) is 5.11 Å². The summed E-state index contributed by atoms with van der Waals surface area (Å²) in [5.41, 5.74) is -1.22. The zero-order chi connectivity index (χ0) is 15.5. The van der Waals surface area contributed by atoms with Crippen LogP contribution in [-0.4, -0.2) is 35.9 Å². The normalized spacial score (nSPS) is 13.1. The first-order valence-electron chi connectivity index (χ1n) is 5.96. The largest absolute Gasteiger partial charge is 0.478 e. The standard InChI is InChI=1S/C13H16F3NO3/c1-8(18)5-6-17(2)11-4-3-9(13(14,15)16)7-10(11)12(19)20/h3-4,7-8,18H,5-6H2,1-2H3,(H,19,20). The number of carboxylic acids is 1. The molecule has 0 aromatic heterocycles. The Bertz CT molecular complexity index is 486. The first kappa shape index (κ1) is 16.3. The Morgan fingerprint density at radius 3 is 2.45 bits per heavy atom. The predicted molar refractivity (Wildman–Crippen MR) is 68.0 cm³/mol. The molecule has 0 fully saturated rings. The molecule has 0 aliphatic heterocycles. The number of halogens is 3. The van der Waals surface area contributed by atoms with Crippen LogP contribution in [-0.2, 0) is 6.18 Å².